The molecular formula is C16H22FNO2. The van der Waals surface area contributed by atoms with E-state index < -0.39 is 0 Å². The fraction of sp³-hybridized carbons (Fsp3) is 0.562. The molecule has 0 saturated carbocycles. The Morgan fingerprint density at radius 2 is 2.30 bits per heavy atom. The van der Waals surface area contributed by atoms with Crippen LogP contribution in [0.4, 0.5) is 4.39 Å². The molecule has 1 amide bonds. The van der Waals surface area contributed by atoms with Crippen molar-refractivity contribution in [3.63, 3.8) is 0 Å². The van der Waals surface area contributed by atoms with Gasteiger partial charge in [-0.25, -0.2) is 4.39 Å². The Morgan fingerprint density at radius 1 is 1.50 bits per heavy atom. The Kier molecular flexibility index (Phi) is 5.12. The molecule has 2 rings (SSSR count). The lowest BCUT2D eigenvalue weighted by atomic mass is 9.98. The number of benzene rings is 1. The van der Waals surface area contributed by atoms with Crippen molar-refractivity contribution in [2.75, 3.05) is 26.3 Å². The lowest BCUT2D eigenvalue weighted by Gasteiger charge is -2.32. The first-order chi connectivity index (χ1) is 9.61. The summed E-state index contributed by atoms with van der Waals surface area (Å²) in [5.41, 5.74) is 1.08. The molecule has 1 atom stereocenters. The Bertz CT molecular complexity index is 476. The summed E-state index contributed by atoms with van der Waals surface area (Å²) in [4.78, 5) is 14.3. The number of aryl methyl sites for hydroxylation is 1. The normalized spacial score (nSPS) is 19.1. The van der Waals surface area contributed by atoms with Crippen LogP contribution in [0.15, 0.2) is 18.2 Å². The highest BCUT2D eigenvalue weighted by Gasteiger charge is 2.24. The third-order valence-electron chi connectivity index (χ3n) is 3.77. The molecule has 1 aliphatic rings. The van der Waals surface area contributed by atoms with Crippen LogP contribution in [0.25, 0.3) is 0 Å². The first-order valence-corrected chi connectivity index (χ1v) is 7.25. The average molecular weight is 279 g/mol. The van der Waals surface area contributed by atoms with E-state index in [1.54, 1.807) is 19.1 Å². The van der Waals surface area contributed by atoms with E-state index in [4.69, 9.17) is 4.74 Å². The van der Waals surface area contributed by atoms with Gasteiger partial charge in [-0.15, -0.1) is 0 Å². The van der Waals surface area contributed by atoms with Gasteiger partial charge in [0.05, 0.1) is 6.61 Å². The predicted molar refractivity (Wildman–Crippen MR) is 76.3 cm³/mol. The summed E-state index contributed by atoms with van der Waals surface area (Å²) in [5.74, 6) is 0.137. The standard InChI is InChI=1S/C16H22FNO2/c1-3-20-11-13-5-4-8-18(10-13)16(19)14-6-7-15(17)12(2)9-14/h6-7,9,13H,3-5,8,10-11H2,1-2H3/t13-/m0/s1. The van der Waals surface area contributed by atoms with Crippen molar-refractivity contribution in [2.24, 2.45) is 5.92 Å². The highest BCUT2D eigenvalue weighted by atomic mass is 19.1. The molecule has 0 aliphatic carbocycles. The number of halogens is 1. The van der Waals surface area contributed by atoms with Crippen LogP contribution in [0.3, 0.4) is 0 Å². The zero-order chi connectivity index (χ0) is 14.5. The molecule has 1 fully saturated rings. The van der Waals surface area contributed by atoms with Gasteiger partial charge in [0.1, 0.15) is 5.82 Å². The van der Waals surface area contributed by atoms with Gasteiger partial charge in [-0.05, 0) is 56.4 Å². The van der Waals surface area contributed by atoms with Crippen molar-refractivity contribution in [3.8, 4) is 0 Å². The molecule has 4 heteroatoms. The first-order valence-electron chi connectivity index (χ1n) is 7.25. The average Bonchev–Trinajstić information content (AvgIpc) is 2.47. The number of rotatable bonds is 4. The Morgan fingerprint density at radius 3 is 3.00 bits per heavy atom. The molecule has 0 N–H and O–H groups in total. The molecule has 1 aromatic rings. The van der Waals surface area contributed by atoms with Crippen LogP contribution in [-0.2, 0) is 4.74 Å². The SMILES string of the molecule is CCOC[C@H]1CCCN(C(=O)c2ccc(F)c(C)c2)C1. The number of nitrogens with zero attached hydrogens (tertiary/aromatic N) is 1. The molecule has 0 spiro atoms. The predicted octanol–water partition coefficient (Wildman–Crippen LogP) is 3.02. The fourth-order valence-corrected chi connectivity index (χ4v) is 2.63. The van der Waals surface area contributed by atoms with E-state index in [2.05, 4.69) is 0 Å². The van der Waals surface area contributed by atoms with Gasteiger partial charge < -0.3 is 9.64 Å². The van der Waals surface area contributed by atoms with Crippen molar-refractivity contribution >= 4 is 5.91 Å². The molecule has 1 aromatic carbocycles. The van der Waals surface area contributed by atoms with Crippen LogP contribution in [0.1, 0.15) is 35.7 Å². The van der Waals surface area contributed by atoms with E-state index >= 15 is 0 Å². The zero-order valence-corrected chi connectivity index (χ0v) is 12.2. The molecule has 0 aromatic heterocycles. The fourth-order valence-electron chi connectivity index (χ4n) is 2.63. The van der Waals surface area contributed by atoms with E-state index in [0.29, 0.717) is 30.3 Å². The molecular weight excluding hydrogens is 257 g/mol. The molecule has 0 radical (unpaired) electrons. The quantitative estimate of drug-likeness (QED) is 0.848. The molecule has 0 unspecified atom stereocenters. The Balaban J connectivity index is 2.02. The second kappa shape index (κ2) is 6.84. The summed E-state index contributed by atoms with van der Waals surface area (Å²) in [7, 11) is 0. The van der Waals surface area contributed by atoms with E-state index in [9.17, 15) is 9.18 Å². The van der Waals surface area contributed by atoms with Crippen LogP contribution < -0.4 is 0 Å². The lowest BCUT2D eigenvalue weighted by Crippen LogP contribution is -2.41. The van der Waals surface area contributed by atoms with Crippen LogP contribution in [0, 0.1) is 18.7 Å². The number of ether oxygens (including phenoxy) is 1. The monoisotopic (exact) mass is 279 g/mol. The third kappa shape index (κ3) is 3.57. The van der Waals surface area contributed by atoms with Crippen LogP contribution in [-0.4, -0.2) is 37.1 Å². The maximum atomic E-state index is 13.3. The zero-order valence-electron chi connectivity index (χ0n) is 12.2. The number of hydrogen-bond donors (Lipinski definition) is 0. The van der Waals surface area contributed by atoms with E-state index in [1.807, 2.05) is 11.8 Å². The Labute approximate surface area is 119 Å². The number of carbonyl (C=O) groups is 1. The summed E-state index contributed by atoms with van der Waals surface area (Å²) >= 11 is 0. The molecule has 3 nitrogen and oxygen atoms in total. The molecule has 20 heavy (non-hydrogen) atoms. The minimum atomic E-state index is -0.269. The highest BCUT2D eigenvalue weighted by molar-refractivity contribution is 5.94. The minimum absolute atomic E-state index is 0.00528. The van der Waals surface area contributed by atoms with E-state index in [0.717, 1.165) is 25.9 Å². The number of carbonyl (C=O) groups excluding carboxylic acids is 1. The van der Waals surface area contributed by atoms with Crippen molar-refractivity contribution in [2.45, 2.75) is 26.7 Å². The van der Waals surface area contributed by atoms with Gasteiger partial charge in [-0.3, -0.25) is 4.79 Å². The van der Waals surface area contributed by atoms with Crippen LogP contribution in [0.5, 0.6) is 0 Å². The number of piperidine rings is 1. The number of hydrogen-bond acceptors (Lipinski definition) is 2. The van der Waals surface area contributed by atoms with Gasteiger partial charge in [0.25, 0.3) is 5.91 Å². The van der Waals surface area contributed by atoms with Crippen molar-refractivity contribution in [3.05, 3.63) is 35.1 Å². The van der Waals surface area contributed by atoms with E-state index in [-0.39, 0.29) is 11.7 Å². The van der Waals surface area contributed by atoms with Crippen molar-refractivity contribution in [1.82, 2.24) is 4.90 Å². The summed E-state index contributed by atoms with van der Waals surface area (Å²) < 4.78 is 18.7. The molecule has 1 aliphatic heterocycles. The van der Waals surface area contributed by atoms with Crippen molar-refractivity contribution < 1.29 is 13.9 Å². The van der Waals surface area contributed by atoms with Gasteiger partial charge in [-0.1, -0.05) is 0 Å². The maximum absolute atomic E-state index is 13.3. The van der Waals surface area contributed by atoms with Gasteiger partial charge in [0.15, 0.2) is 0 Å². The summed E-state index contributed by atoms with van der Waals surface area (Å²) in [6.07, 6.45) is 2.11. The van der Waals surface area contributed by atoms with Crippen LogP contribution >= 0.6 is 0 Å². The smallest absolute Gasteiger partial charge is 0.253 e. The maximum Gasteiger partial charge on any atom is 0.253 e. The first kappa shape index (κ1) is 15.0. The number of amides is 1. The minimum Gasteiger partial charge on any atom is -0.381 e. The number of likely N-dealkylation sites (tertiary alicyclic amines) is 1. The lowest BCUT2D eigenvalue weighted by molar-refractivity contribution is 0.0501. The summed E-state index contributed by atoms with van der Waals surface area (Å²) in [6, 6.07) is 4.56. The Hall–Kier alpha value is -1.42. The van der Waals surface area contributed by atoms with Gasteiger partial charge >= 0.3 is 0 Å². The summed E-state index contributed by atoms with van der Waals surface area (Å²) in [5, 5.41) is 0. The second-order valence-corrected chi connectivity index (χ2v) is 5.38. The largest absolute Gasteiger partial charge is 0.381 e. The summed E-state index contributed by atoms with van der Waals surface area (Å²) in [6.45, 7) is 6.59. The molecule has 1 heterocycles. The van der Waals surface area contributed by atoms with E-state index in [1.165, 1.54) is 6.07 Å². The van der Waals surface area contributed by atoms with Gasteiger partial charge in [-0.2, -0.15) is 0 Å². The van der Waals surface area contributed by atoms with Gasteiger partial charge in [0.2, 0.25) is 0 Å². The molecule has 1 saturated heterocycles. The van der Waals surface area contributed by atoms with Crippen LogP contribution in [0.2, 0.25) is 0 Å². The third-order valence-corrected chi connectivity index (χ3v) is 3.77. The topological polar surface area (TPSA) is 29.5 Å². The van der Waals surface area contributed by atoms with Gasteiger partial charge in [0, 0.05) is 25.3 Å². The molecule has 0 bridgehead atoms. The second-order valence-electron chi connectivity index (χ2n) is 5.38. The highest BCUT2D eigenvalue weighted by Crippen LogP contribution is 2.20. The molecule has 110 valence electrons. The van der Waals surface area contributed by atoms with Crippen molar-refractivity contribution in [1.29, 1.82) is 0 Å².